The summed E-state index contributed by atoms with van der Waals surface area (Å²) >= 11 is 0. The third-order valence-corrected chi connectivity index (χ3v) is 10.1. The maximum absolute atomic E-state index is 12.6. The summed E-state index contributed by atoms with van der Waals surface area (Å²) in [7, 11) is -4.61. The van der Waals surface area contributed by atoms with Crippen molar-refractivity contribution in [3.8, 4) is 0 Å². The number of esters is 2. The van der Waals surface area contributed by atoms with Gasteiger partial charge in [0.15, 0.2) is 6.10 Å². The van der Waals surface area contributed by atoms with E-state index in [1.807, 2.05) is 0 Å². The maximum Gasteiger partial charge on any atom is 0.472 e. The lowest BCUT2D eigenvalue weighted by atomic mass is 10.1. The molecule has 11 heteroatoms. The summed E-state index contributed by atoms with van der Waals surface area (Å²) in [5.41, 5.74) is 0. The molecule has 0 aromatic heterocycles. The number of carbonyl (C=O) groups excluding carboxylic acids is 2. The molecule has 0 heterocycles. The molecule has 0 saturated heterocycles. The molecule has 3 N–H and O–H groups in total. The first kappa shape index (κ1) is 51.5. The van der Waals surface area contributed by atoms with Gasteiger partial charge in [-0.2, -0.15) is 0 Å². The van der Waals surface area contributed by atoms with Crippen LogP contribution in [0.5, 0.6) is 0 Å². The number of hydrogen-bond acceptors (Lipinski definition) is 9. The highest BCUT2D eigenvalue weighted by atomic mass is 31.2. The zero-order valence-electron chi connectivity index (χ0n) is 33.7. The zero-order chi connectivity index (χ0) is 39.1. The van der Waals surface area contributed by atoms with Crippen LogP contribution in [-0.4, -0.2) is 65.7 Å². The Morgan fingerprint density at radius 3 is 1.45 bits per heavy atom. The van der Waals surface area contributed by atoms with Gasteiger partial charge in [-0.1, -0.05) is 160 Å². The van der Waals surface area contributed by atoms with E-state index >= 15 is 0 Å². The number of phosphoric ester groups is 1. The smallest absolute Gasteiger partial charge is 0.462 e. The predicted molar refractivity (Wildman–Crippen MR) is 215 cm³/mol. The lowest BCUT2D eigenvalue weighted by Crippen LogP contribution is -2.29. The normalized spacial score (nSPS) is 14.1. The van der Waals surface area contributed by atoms with Crippen LogP contribution in [0.15, 0.2) is 24.3 Å². The quantitative estimate of drug-likeness (QED) is 0.0238. The summed E-state index contributed by atoms with van der Waals surface area (Å²) in [5.74, 6) is -0.928. The van der Waals surface area contributed by atoms with E-state index in [0.29, 0.717) is 12.8 Å². The lowest BCUT2D eigenvalue weighted by Gasteiger charge is -2.20. The van der Waals surface area contributed by atoms with Crippen molar-refractivity contribution in [1.82, 2.24) is 0 Å². The third kappa shape index (κ3) is 38.5. The fourth-order valence-electron chi connectivity index (χ4n) is 5.79. The van der Waals surface area contributed by atoms with Gasteiger partial charge in [-0.05, 0) is 44.9 Å². The van der Waals surface area contributed by atoms with Crippen molar-refractivity contribution in [2.24, 2.45) is 0 Å². The average Bonchev–Trinajstić information content (AvgIpc) is 3.14. The molecule has 0 aliphatic rings. The zero-order valence-corrected chi connectivity index (χ0v) is 34.6. The van der Waals surface area contributed by atoms with Crippen molar-refractivity contribution in [3.63, 3.8) is 0 Å². The van der Waals surface area contributed by atoms with Gasteiger partial charge in [0.25, 0.3) is 0 Å². The molecule has 3 atom stereocenters. The van der Waals surface area contributed by atoms with Gasteiger partial charge in [0.2, 0.25) is 0 Å². The second-order valence-electron chi connectivity index (χ2n) is 14.4. The van der Waals surface area contributed by atoms with Crippen LogP contribution in [0.3, 0.4) is 0 Å². The first-order valence-electron chi connectivity index (χ1n) is 21.3. The van der Waals surface area contributed by atoms with Gasteiger partial charge in [0.1, 0.15) is 12.7 Å². The van der Waals surface area contributed by atoms with Gasteiger partial charge in [0, 0.05) is 12.8 Å². The van der Waals surface area contributed by atoms with E-state index in [1.165, 1.54) is 103 Å². The Labute approximate surface area is 323 Å². The van der Waals surface area contributed by atoms with Crippen LogP contribution in [0, 0.1) is 0 Å². The number of carbonyl (C=O) groups is 2. The molecule has 0 aromatic carbocycles. The number of aliphatic hydroxyl groups is 2. The molecule has 0 radical (unpaired) electrons. The Morgan fingerprint density at radius 1 is 0.566 bits per heavy atom. The number of phosphoric acid groups is 1. The molecule has 0 saturated carbocycles. The molecular weight excluding hydrogens is 695 g/mol. The highest BCUT2D eigenvalue weighted by Crippen LogP contribution is 2.43. The summed E-state index contributed by atoms with van der Waals surface area (Å²) in [6.45, 7) is 2.35. The van der Waals surface area contributed by atoms with E-state index in [9.17, 15) is 24.2 Å². The molecule has 3 unspecified atom stereocenters. The fourth-order valence-corrected chi connectivity index (χ4v) is 6.58. The first-order chi connectivity index (χ1) is 25.7. The predicted octanol–water partition coefficient (Wildman–Crippen LogP) is 11.0. The third-order valence-electron chi connectivity index (χ3n) is 9.11. The van der Waals surface area contributed by atoms with Gasteiger partial charge in [-0.15, -0.1) is 0 Å². The van der Waals surface area contributed by atoms with Gasteiger partial charge >= 0.3 is 19.8 Å². The Kier molecular flexibility index (Phi) is 37.6. The second kappa shape index (κ2) is 38.7. The molecule has 0 amide bonds. The molecule has 0 spiro atoms. The van der Waals surface area contributed by atoms with Gasteiger partial charge in [-0.25, -0.2) is 4.57 Å². The Balaban J connectivity index is 4.21. The van der Waals surface area contributed by atoms with Crippen LogP contribution >= 0.6 is 7.82 Å². The largest absolute Gasteiger partial charge is 0.472 e. The van der Waals surface area contributed by atoms with Crippen molar-refractivity contribution >= 4 is 19.8 Å². The van der Waals surface area contributed by atoms with Gasteiger partial charge in [-0.3, -0.25) is 18.6 Å². The van der Waals surface area contributed by atoms with Crippen molar-refractivity contribution in [3.05, 3.63) is 24.3 Å². The number of hydrogen-bond donors (Lipinski definition) is 3. The minimum Gasteiger partial charge on any atom is -0.462 e. The Bertz CT molecular complexity index is 941. The monoisotopic (exact) mass is 775 g/mol. The number of allylic oxidation sites excluding steroid dienone is 4. The van der Waals surface area contributed by atoms with Crippen molar-refractivity contribution in [1.29, 1.82) is 0 Å². The summed E-state index contributed by atoms with van der Waals surface area (Å²) in [6.07, 6.45) is 37.3. The van der Waals surface area contributed by atoms with E-state index < -0.39 is 51.8 Å². The molecule has 312 valence electrons. The first-order valence-corrected chi connectivity index (χ1v) is 22.8. The SMILES string of the molecule is CCCCCCC/C=C\C/C=C\CCCCCCCCCCCC(=O)OC(COC(=O)CCCCCCCCCCC)COP(=O)(O)OCC(O)CO. The minimum absolute atomic E-state index is 0.182. The average molecular weight is 775 g/mol. The summed E-state index contributed by atoms with van der Waals surface area (Å²) in [6, 6.07) is 0. The van der Waals surface area contributed by atoms with Crippen LogP contribution in [-0.2, 0) is 32.7 Å². The molecule has 0 aliphatic carbocycles. The molecule has 53 heavy (non-hydrogen) atoms. The van der Waals surface area contributed by atoms with E-state index in [2.05, 4.69) is 42.7 Å². The topological polar surface area (TPSA) is 149 Å². The van der Waals surface area contributed by atoms with Crippen LogP contribution in [0.4, 0.5) is 0 Å². The number of rotatable bonds is 40. The molecule has 0 fully saturated rings. The van der Waals surface area contributed by atoms with Gasteiger partial charge < -0.3 is 24.6 Å². The molecule has 0 aromatic rings. The van der Waals surface area contributed by atoms with Crippen LogP contribution < -0.4 is 0 Å². The van der Waals surface area contributed by atoms with Crippen LogP contribution in [0.25, 0.3) is 0 Å². The molecular formula is C42H79O10P. The highest BCUT2D eigenvalue weighted by Gasteiger charge is 2.27. The standard InChI is InChI=1S/C42H79O10P/c1-3-5-7-9-11-13-14-15-16-17-18-19-20-21-22-23-24-26-28-30-32-34-42(46)52-40(38-51-53(47,48)50-36-39(44)35-43)37-49-41(45)33-31-29-27-25-12-10-8-6-4-2/h14-15,17-18,39-40,43-44H,3-13,16,19-38H2,1-2H3,(H,47,48)/b15-14-,18-17-. The van der Waals surface area contributed by atoms with Crippen molar-refractivity contribution < 1.29 is 47.8 Å². The molecule has 0 aliphatic heterocycles. The van der Waals surface area contributed by atoms with Crippen molar-refractivity contribution in [2.45, 2.75) is 206 Å². The van der Waals surface area contributed by atoms with E-state index in [0.717, 1.165) is 51.4 Å². The molecule has 0 rings (SSSR count). The van der Waals surface area contributed by atoms with E-state index in [4.69, 9.17) is 19.1 Å². The van der Waals surface area contributed by atoms with Crippen LogP contribution in [0.2, 0.25) is 0 Å². The van der Waals surface area contributed by atoms with E-state index in [1.54, 1.807) is 0 Å². The molecule has 0 bridgehead atoms. The minimum atomic E-state index is -4.61. The maximum atomic E-state index is 12.6. The summed E-state index contributed by atoms with van der Waals surface area (Å²) < 4.78 is 32.6. The second-order valence-corrected chi connectivity index (χ2v) is 15.8. The number of aliphatic hydroxyl groups excluding tert-OH is 2. The van der Waals surface area contributed by atoms with Gasteiger partial charge in [0.05, 0.1) is 19.8 Å². The number of unbranched alkanes of at least 4 members (excludes halogenated alkanes) is 22. The summed E-state index contributed by atoms with van der Waals surface area (Å²) in [5, 5.41) is 18.3. The summed E-state index contributed by atoms with van der Waals surface area (Å²) in [4.78, 5) is 34.8. The molecule has 10 nitrogen and oxygen atoms in total. The number of ether oxygens (including phenoxy) is 2. The lowest BCUT2D eigenvalue weighted by molar-refractivity contribution is -0.161. The highest BCUT2D eigenvalue weighted by molar-refractivity contribution is 7.47. The Hall–Kier alpha value is -1.55. The van der Waals surface area contributed by atoms with E-state index in [-0.39, 0.29) is 19.4 Å². The van der Waals surface area contributed by atoms with Crippen LogP contribution in [0.1, 0.15) is 194 Å². The van der Waals surface area contributed by atoms with Crippen molar-refractivity contribution in [2.75, 3.05) is 26.4 Å². The fraction of sp³-hybridized carbons (Fsp3) is 0.857. The Morgan fingerprint density at radius 2 is 0.981 bits per heavy atom.